The molecular weight excluding hydrogens is 401 g/mol. The third kappa shape index (κ3) is 4.33. The van der Waals surface area contributed by atoms with Gasteiger partial charge < -0.3 is 9.64 Å². The van der Waals surface area contributed by atoms with Crippen LogP contribution in [-0.2, 0) is 11.3 Å². The van der Waals surface area contributed by atoms with Crippen LogP contribution in [0.25, 0.3) is 0 Å². The average Bonchev–Trinajstić information content (AvgIpc) is 3.10. The van der Waals surface area contributed by atoms with E-state index in [2.05, 4.69) is 5.10 Å². The molecular formula is C20H25Cl2N3O3. The number of benzene rings is 1. The molecule has 0 aliphatic heterocycles. The van der Waals surface area contributed by atoms with Gasteiger partial charge in [-0.05, 0) is 51.8 Å². The van der Waals surface area contributed by atoms with Crippen molar-refractivity contribution in [3.63, 3.8) is 0 Å². The summed E-state index contributed by atoms with van der Waals surface area (Å²) in [7, 11) is 0. The second kappa shape index (κ2) is 9.43. The molecule has 1 aromatic heterocycles. The number of amides is 1. The van der Waals surface area contributed by atoms with Gasteiger partial charge in [-0.2, -0.15) is 5.10 Å². The monoisotopic (exact) mass is 425 g/mol. The molecule has 0 spiro atoms. The van der Waals surface area contributed by atoms with E-state index in [1.165, 1.54) is 6.20 Å². The molecule has 2 aromatic rings. The third-order valence-electron chi connectivity index (χ3n) is 4.63. The van der Waals surface area contributed by atoms with E-state index < -0.39 is 0 Å². The maximum atomic E-state index is 13.2. The fraction of sp³-hybridized carbons (Fsp3) is 0.450. The van der Waals surface area contributed by atoms with Gasteiger partial charge >= 0.3 is 0 Å². The lowest BCUT2D eigenvalue weighted by Crippen LogP contribution is -2.34. The molecule has 8 heteroatoms. The smallest absolute Gasteiger partial charge is 0.260 e. The molecule has 152 valence electrons. The lowest BCUT2D eigenvalue weighted by molar-refractivity contribution is -0.133. The van der Waals surface area contributed by atoms with Gasteiger partial charge in [-0.3, -0.25) is 9.59 Å². The minimum Gasteiger partial charge on any atom is -0.467 e. The summed E-state index contributed by atoms with van der Waals surface area (Å²) < 4.78 is 7.28. The molecule has 6 nitrogen and oxygen atoms in total. The molecule has 0 unspecified atom stereocenters. The normalized spacial score (nSPS) is 10.8. The van der Waals surface area contributed by atoms with E-state index >= 15 is 0 Å². The predicted octanol–water partition coefficient (Wildman–Crippen LogP) is 4.30. The number of halogens is 2. The van der Waals surface area contributed by atoms with Gasteiger partial charge in [0.15, 0.2) is 6.61 Å². The Morgan fingerprint density at radius 1 is 1.11 bits per heavy atom. The predicted molar refractivity (Wildman–Crippen MR) is 111 cm³/mol. The fourth-order valence-corrected chi connectivity index (χ4v) is 3.39. The summed E-state index contributed by atoms with van der Waals surface area (Å²) in [5.74, 6) is -0.212. The SMILES string of the molecule is CCN(CC)C(=O)COc1c(C(=O)c2cc(C)c(Cl)c(C)c2Cl)cnn1CC. The first kappa shape index (κ1) is 22.2. The fourth-order valence-electron chi connectivity index (χ4n) is 2.95. The van der Waals surface area contributed by atoms with Crippen LogP contribution < -0.4 is 4.74 Å². The molecule has 0 saturated carbocycles. The van der Waals surface area contributed by atoms with Gasteiger partial charge in [0.1, 0.15) is 5.56 Å². The van der Waals surface area contributed by atoms with E-state index in [9.17, 15) is 9.59 Å². The van der Waals surface area contributed by atoms with Crippen LogP contribution in [0.5, 0.6) is 5.88 Å². The molecule has 0 radical (unpaired) electrons. The highest BCUT2D eigenvalue weighted by Gasteiger charge is 2.25. The standard InChI is InChI=1S/C20H25Cl2N3O3/c1-6-24(7-2)16(26)11-28-20-15(10-23-25(20)8-3)19(27)14-9-12(4)17(21)13(5)18(14)22/h9-10H,6-8,11H2,1-5H3. The molecule has 0 N–H and O–H groups in total. The summed E-state index contributed by atoms with van der Waals surface area (Å²) in [6, 6.07) is 1.66. The Labute approximate surface area is 175 Å². The van der Waals surface area contributed by atoms with E-state index in [0.717, 1.165) is 5.56 Å². The number of ketones is 1. The van der Waals surface area contributed by atoms with Gasteiger partial charge in [-0.15, -0.1) is 0 Å². The lowest BCUT2D eigenvalue weighted by Gasteiger charge is -2.19. The number of aryl methyl sites for hydroxylation is 2. The van der Waals surface area contributed by atoms with Crippen LogP contribution in [-0.4, -0.2) is 46.1 Å². The summed E-state index contributed by atoms with van der Waals surface area (Å²) in [6.45, 7) is 10.8. The van der Waals surface area contributed by atoms with E-state index in [4.69, 9.17) is 27.9 Å². The number of carbonyl (C=O) groups is 2. The van der Waals surface area contributed by atoms with Gasteiger partial charge in [-0.25, -0.2) is 4.68 Å². The Morgan fingerprint density at radius 2 is 1.75 bits per heavy atom. The molecule has 0 aliphatic rings. The van der Waals surface area contributed by atoms with Crippen molar-refractivity contribution in [1.82, 2.24) is 14.7 Å². The number of hydrogen-bond donors (Lipinski definition) is 0. The number of rotatable bonds is 8. The number of likely N-dealkylation sites (N-methyl/N-ethyl adjacent to an activating group) is 1. The van der Waals surface area contributed by atoms with Crippen LogP contribution in [0.4, 0.5) is 0 Å². The second-order valence-electron chi connectivity index (χ2n) is 6.36. The maximum absolute atomic E-state index is 13.2. The Kier molecular flexibility index (Phi) is 7.49. The van der Waals surface area contributed by atoms with Gasteiger partial charge in [0.2, 0.25) is 11.7 Å². The van der Waals surface area contributed by atoms with Crippen LogP contribution in [0, 0.1) is 13.8 Å². The Bertz CT molecular complexity index is 889. The Balaban J connectivity index is 2.39. The second-order valence-corrected chi connectivity index (χ2v) is 7.11. The zero-order chi connectivity index (χ0) is 21.0. The Hall–Kier alpha value is -2.05. The highest BCUT2D eigenvalue weighted by atomic mass is 35.5. The van der Waals surface area contributed by atoms with Gasteiger partial charge in [0.25, 0.3) is 5.91 Å². The van der Waals surface area contributed by atoms with Crippen LogP contribution in [0.1, 0.15) is 47.8 Å². The lowest BCUT2D eigenvalue weighted by atomic mass is 10.0. The van der Waals surface area contributed by atoms with Crippen molar-refractivity contribution in [3.05, 3.63) is 44.6 Å². The number of nitrogens with zero attached hydrogens (tertiary/aromatic N) is 3. The molecule has 28 heavy (non-hydrogen) atoms. The van der Waals surface area contributed by atoms with Gasteiger partial charge in [0, 0.05) is 30.2 Å². The number of carbonyl (C=O) groups excluding carboxylic acids is 2. The molecule has 1 amide bonds. The average molecular weight is 426 g/mol. The molecule has 1 heterocycles. The molecule has 0 fully saturated rings. The van der Waals surface area contributed by atoms with Crippen molar-refractivity contribution >= 4 is 34.9 Å². The van der Waals surface area contributed by atoms with E-state index in [0.29, 0.717) is 40.8 Å². The quantitative estimate of drug-likeness (QED) is 0.591. The molecule has 1 aromatic carbocycles. The van der Waals surface area contributed by atoms with E-state index in [1.54, 1.807) is 22.6 Å². The topological polar surface area (TPSA) is 64.4 Å². The molecule has 0 bridgehead atoms. The van der Waals surface area contributed by atoms with Crippen LogP contribution in [0.2, 0.25) is 10.0 Å². The highest BCUT2D eigenvalue weighted by molar-refractivity contribution is 6.39. The summed E-state index contributed by atoms with van der Waals surface area (Å²) in [6.07, 6.45) is 1.44. The van der Waals surface area contributed by atoms with Crippen molar-refractivity contribution in [2.45, 2.75) is 41.2 Å². The van der Waals surface area contributed by atoms with E-state index in [1.807, 2.05) is 27.7 Å². The first-order valence-corrected chi connectivity index (χ1v) is 9.98. The number of aromatic nitrogens is 2. The zero-order valence-corrected chi connectivity index (χ0v) is 18.3. The summed E-state index contributed by atoms with van der Waals surface area (Å²) in [4.78, 5) is 27.1. The molecule has 2 rings (SSSR count). The number of hydrogen-bond acceptors (Lipinski definition) is 4. The van der Waals surface area contributed by atoms with Crippen LogP contribution in [0.15, 0.2) is 12.3 Å². The van der Waals surface area contributed by atoms with Crippen molar-refractivity contribution in [2.75, 3.05) is 19.7 Å². The summed E-state index contributed by atoms with van der Waals surface area (Å²) >= 11 is 12.6. The van der Waals surface area contributed by atoms with Crippen molar-refractivity contribution in [3.8, 4) is 5.88 Å². The summed E-state index contributed by atoms with van der Waals surface area (Å²) in [5.41, 5.74) is 2.00. The molecule has 0 atom stereocenters. The first-order valence-electron chi connectivity index (χ1n) is 9.22. The zero-order valence-electron chi connectivity index (χ0n) is 16.8. The van der Waals surface area contributed by atoms with E-state index in [-0.39, 0.29) is 29.7 Å². The maximum Gasteiger partial charge on any atom is 0.260 e. The van der Waals surface area contributed by atoms with Crippen LogP contribution >= 0.6 is 23.2 Å². The van der Waals surface area contributed by atoms with Gasteiger partial charge in [0.05, 0.1) is 11.2 Å². The third-order valence-corrected chi connectivity index (χ3v) is 5.70. The van der Waals surface area contributed by atoms with Crippen molar-refractivity contribution < 1.29 is 14.3 Å². The molecule has 0 aliphatic carbocycles. The highest BCUT2D eigenvalue weighted by Crippen LogP contribution is 2.33. The Morgan fingerprint density at radius 3 is 2.32 bits per heavy atom. The summed E-state index contributed by atoms with van der Waals surface area (Å²) in [5, 5.41) is 5.05. The van der Waals surface area contributed by atoms with Gasteiger partial charge in [-0.1, -0.05) is 23.2 Å². The minimum absolute atomic E-state index is 0.150. The number of ether oxygens (including phenoxy) is 1. The first-order chi connectivity index (χ1) is 13.3. The largest absolute Gasteiger partial charge is 0.467 e. The molecule has 0 saturated heterocycles. The van der Waals surface area contributed by atoms with Crippen LogP contribution in [0.3, 0.4) is 0 Å². The van der Waals surface area contributed by atoms with Crippen molar-refractivity contribution in [1.29, 1.82) is 0 Å². The minimum atomic E-state index is -0.321. The van der Waals surface area contributed by atoms with Crippen molar-refractivity contribution in [2.24, 2.45) is 0 Å².